The molecule has 0 aliphatic carbocycles. The Bertz CT molecular complexity index is 919. The molecular weight excluding hydrogens is 376 g/mol. The zero-order valence-electron chi connectivity index (χ0n) is 16.5. The van der Waals surface area contributed by atoms with Crippen LogP contribution in [0.5, 0.6) is 5.88 Å². The highest BCUT2D eigenvalue weighted by atomic mass is 32.2. The van der Waals surface area contributed by atoms with Gasteiger partial charge in [0.2, 0.25) is 11.8 Å². The van der Waals surface area contributed by atoms with Crippen molar-refractivity contribution in [2.24, 2.45) is 5.73 Å². The number of carbonyl (C=O) groups excluding carboxylic acids is 1. The largest absolute Gasteiger partial charge is 0.478 e. The first-order valence-corrected chi connectivity index (χ1v) is 9.95. The quantitative estimate of drug-likeness (QED) is 0.753. The minimum atomic E-state index is -0.654. The average Bonchev–Trinajstić information content (AvgIpc) is 3.08. The van der Waals surface area contributed by atoms with Gasteiger partial charge in [-0.2, -0.15) is 5.26 Å². The minimum Gasteiger partial charge on any atom is -0.478 e. The SMILES string of the molecule is CCOc1ncc(C)c2c1[C@H](CC1(OC)CC(C#N)=CS1)C(C(N)=O)=C(C)N2. The van der Waals surface area contributed by atoms with Crippen LogP contribution in [0.4, 0.5) is 5.69 Å². The highest BCUT2D eigenvalue weighted by Crippen LogP contribution is 2.52. The number of aromatic nitrogens is 1. The van der Waals surface area contributed by atoms with Gasteiger partial charge in [0.1, 0.15) is 4.93 Å². The number of amides is 1. The van der Waals surface area contributed by atoms with E-state index in [1.165, 1.54) is 11.8 Å². The number of nitriles is 1. The van der Waals surface area contributed by atoms with Crippen molar-refractivity contribution in [3.8, 4) is 11.9 Å². The Balaban J connectivity index is 2.13. The predicted octanol–water partition coefficient (Wildman–Crippen LogP) is 3.33. The minimum absolute atomic E-state index is 0.360. The van der Waals surface area contributed by atoms with Crippen LogP contribution in [-0.4, -0.2) is 29.5 Å². The second-order valence-corrected chi connectivity index (χ2v) is 8.13. The summed E-state index contributed by atoms with van der Waals surface area (Å²) in [6, 6.07) is 2.20. The number of ether oxygens (including phenoxy) is 2. The molecule has 0 fully saturated rings. The summed E-state index contributed by atoms with van der Waals surface area (Å²) in [7, 11) is 1.63. The van der Waals surface area contributed by atoms with Gasteiger partial charge in [0, 0.05) is 48.1 Å². The summed E-state index contributed by atoms with van der Waals surface area (Å²) >= 11 is 1.47. The molecule has 0 aromatic carbocycles. The van der Waals surface area contributed by atoms with E-state index in [4.69, 9.17) is 15.2 Å². The molecule has 0 radical (unpaired) electrons. The number of nitrogens with two attached hydrogens (primary N) is 1. The van der Waals surface area contributed by atoms with E-state index in [0.717, 1.165) is 16.8 Å². The van der Waals surface area contributed by atoms with Crippen LogP contribution in [0, 0.1) is 18.3 Å². The van der Waals surface area contributed by atoms with E-state index in [-0.39, 0.29) is 5.92 Å². The molecule has 0 bridgehead atoms. The maximum atomic E-state index is 12.4. The number of fused-ring (bicyclic) bond motifs is 1. The number of aryl methyl sites for hydroxylation is 1. The maximum Gasteiger partial charge on any atom is 0.247 e. The molecule has 1 aromatic heterocycles. The lowest BCUT2D eigenvalue weighted by molar-refractivity contribution is -0.115. The van der Waals surface area contributed by atoms with Crippen molar-refractivity contribution >= 4 is 23.4 Å². The van der Waals surface area contributed by atoms with E-state index in [2.05, 4.69) is 16.4 Å². The molecule has 1 aromatic rings. The van der Waals surface area contributed by atoms with Crippen LogP contribution >= 0.6 is 11.8 Å². The molecule has 1 amide bonds. The number of nitrogens with zero attached hydrogens (tertiary/aromatic N) is 2. The summed E-state index contributed by atoms with van der Waals surface area (Å²) in [5.74, 6) is -0.372. The van der Waals surface area contributed by atoms with Crippen molar-refractivity contribution in [1.82, 2.24) is 4.98 Å². The van der Waals surface area contributed by atoms with E-state index in [0.29, 0.717) is 42.2 Å². The molecule has 2 aliphatic rings. The number of rotatable bonds is 6. The Labute approximate surface area is 169 Å². The van der Waals surface area contributed by atoms with Gasteiger partial charge in [-0.25, -0.2) is 4.98 Å². The van der Waals surface area contributed by atoms with Crippen molar-refractivity contribution in [2.75, 3.05) is 19.0 Å². The lowest BCUT2D eigenvalue weighted by Crippen LogP contribution is -2.34. The van der Waals surface area contributed by atoms with Crippen LogP contribution < -0.4 is 15.8 Å². The number of carbonyl (C=O) groups is 1. The molecule has 148 valence electrons. The van der Waals surface area contributed by atoms with E-state index in [1.807, 2.05) is 26.2 Å². The van der Waals surface area contributed by atoms with Gasteiger partial charge < -0.3 is 20.5 Å². The van der Waals surface area contributed by atoms with Crippen molar-refractivity contribution < 1.29 is 14.3 Å². The zero-order valence-corrected chi connectivity index (χ0v) is 17.3. The van der Waals surface area contributed by atoms with Gasteiger partial charge in [0.15, 0.2) is 0 Å². The monoisotopic (exact) mass is 400 g/mol. The van der Waals surface area contributed by atoms with Gasteiger partial charge in [0.05, 0.1) is 18.4 Å². The number of hydrogen-bond acceptors (Lipinski definition) is 7. The van der Waals surface area contributed by atoms with Crippen molar-refractivity contribution in [1.29, 1.82) is 5.26 Å². The van der Waals surface area contributed by atoms with Crippen molar-refractivity contribution in [3.05, 3.63) is 39.6 Å². The third-order valence-corrected chi connectivity index (χ3v) is 6.45. The smallest absolute Gasteiger partial charge is 0.247 e. The second-order valence-electron chi connectivity index (χ2n) is 6.92. The lowest BCUT2D eigenvalue weighted by Gasteiger charge is -2.36. The number of nitrogens with one attached hydrogen (secondary N) is 1. The summed E-state index contributed by atoms with van der Waals surface area (Å²) < 4.78 is 11.6. The van der Waals surface area contributed by atoms with E-state index in [1.54, 1.807) is 13.3 Å². The van der Waals surface area contributed by atoms with Crippen LogP contribution in [-0.2, 0) is 9.53 Å². The Morgan fingerprint density at radius 2 is 2.29 bits per heavy atom. The molecule has 0 spiro atoms. The highest BCUT2D eigenvalue weighted by molar-refractivity contribution is 8.03. The number of thioether (sulfide) groups is 1. The number of methoxy groups -OCH3 is 1. The van der Waals surface area contributed by atoms with Gasteiger partial charge >= 0.3 is 0 Å². The molecule has 7 nitrogen and oxygen atoms in total. The van der Waals surface area contributed by atoms with Crippen LogP contribution in [0.25, 0.3) is 0 Å². The first kappa shape index (κ1) is 20.2. The Morgan fingerprint density at radius 3 is 2.86 bits per heavy atom. The number of allylic oxidation sites excluding steroid dienone is 1. The molecule has 0 saturated carbocycles. The van der Waals surface area contributed by atoms with Crippen LogP contribution in [0.15, 0.2) is 28.4 Å². The normalized spacial score (nSPS) is 23.5. The fourth-order valence-electron chi connectivity index (χ4n) is 3.82. The molecule has 8 heteroatoms. The Morgan fingerprint density at radius 1 is 1.54 bits per heavy atom. The predicted molar refractivity (Wildman–Crippen MR) is 109 cm³/mol. The van der Waals surface area contributed by atoms with Gasteiger partial charge in [-0.1, -0.05) is 11.8 Å². The third-order valence-electron chi connectivity index (χ3n) is 5.14. The molecule has 1 unspecified atom stereocenters. The topological polar surface area (TPSA) is 110 Å². The standard InChI is InChI=1S/C20H24N4O3S/c1-5-27-19-16-14(7-20(26-4)6-13(8-21)10-28-20)15(18(22)25)12(3)24-17(16)11(2)9-23-19/h9-10,14,24H,5-7H2,1-4H3,(H2,22,25)/t14-,20?/m1/s1. The summed E-state index contributed by atoms with van der Waals surface area (Å²) in [4.78, 5) is 16.2. The lowest BCUT2D eigenvalue weighted by atomic mass is 9.80. The third kappa shape index (κ3) is 3.48. The van der Waals surface area contributed by atoms with Gasteiger partial charge in [-0.05, 0) is 38.2 Å². The van der Waals surface area contributed by atoms with E-state index >= 15 is 0 Å². The summed E-state index contributed by atoms with van der Waals surface area (Å²) in [5.41, 5.74) is 10.3. The number of primary amides is 1. The average molecular weight is 401 g/mol. The summed E-state index contributed by atoms with van der Waals surface area (Å²) in [6.07, 6.45) is 2.69. The van der Waals surface area contributed by atoms with Crippen molar-refractivity contribution in [2.45, 2.75) is 44.5 Å². The molecule has 3 rings (SSSR count). The van der Waals surface area contributed by atoms with E-state index in [9.17, 15) is 10.1 Å². The molecule has 3 N–H and O–H groups in total. The molecule has 0 saturated heterocycles. The van der Waals surface area contributed by atoms with Gasteiger partial charge in [0.25, 0.3) is 0 Å². The highest BCUT2D eigenvalue weighted by Gasteiger charge is 2.44. The first-order chi connectivity index (χ1) is 13.4. The first-order valence-electron chi connectivity index (χ1n) is 9.07. The number of pyridine rings is 1. The number of hydrogen-bond donors (Lipinski definition) is 2. The molecule has 28 heavy (non-hydrogen) atoms. The van der Waals surface area contributed by atoms with Crippen molar-refractivity contribution in [3.63, 3.8) is 0 Å². The zero-order chi connectivity index (χ0) is 20.5. The summed E-state index contributed by atoms with van der Waals surface area (Å²) in [6.45, 7) is 6.15. The second kappa shape index (κ2) is 7.86. The summed E-state index contributed by atoms with van der Waals surface area (Å²) in [5, 5.41) is 14.4. The Kier molecular flexibility index (Phi) is 5.68. The fourth-order valence-corrected chi connectivity index (χ4v) is 4.91. The molecule has 2 aliphatic heterocycles. The van der Waals surface area contributed by atoms with Gasteiger partial charge in [-0.15, -0.1) is 0 Å². The van der Waals surface area contributed by atoms with E-state index < -0.39 is 10.8 Å². The van der Waals surface area contributed by atoms with Crippen LogP contribution in [0.2, 0.25) is 0 Å². The van der Waals surface area contributed by atoms with Gasteiger partial charge in [-0.3, -0.25) is 4.79 Å². The van der Waals surface area contributed by atoms with Crippen LogP contribution in [0.3, 0.4) is 0 Å². The molecule has 3 heterocycles. The molecular formula is C20H24N4O3S. The fraction of sp³-hybridized carbons (Fsp3) is 0.450. The number of anilines is 1. The Hall–Kier alpha value is -2.50. The molecule has 2 atom stereocenters. The maximum absolute atomic E-state index is 12.4. The van der Waals surface area contributed by atoms with Crippen LogP contribution in [0.1, 0.15) is 43.7 Å².